The molecule has 1 atom stereocenters. The van der Waals surface area contributed by atoms with Crippen molar-refractivity contribution in [2.24, 2.45) is 10.4 Å². The maximum Gasteiger partial charge on any atom is 0.127 e. The molecule has 2 fully saturated rings. The molecular formula is C18H25NO. The number of rotatable bonds is 2. The molecule has 0 radical (unpaired) electrons. The van der Waals surface area contributed by atoms with Crippen LogP contribution in [0.25, 0.3) is 0 Å². The van der Waals surface area contributed by atoms with Crippen LogP contribution < -0.4 is 0 Å². The zero-order chi connectivity index (χ0) is 14.0. The highest BCUT2D eigenvalue weighted by molar-refractivity contribution is 5.84. The van der Waals surface area contributed by atoms with Gasteiger partial charge in [-0.05, 0) is 56.1 Å². The molecule has 108 valence electrons. The molecule has 3 rings (SSSR count). The predicted octanol–water partition coefficient (Wildman–Crippen LogP) is 4.62. The van der Waals surface area contributed by atoms with E-state index in [4.69, 9.17) is 4.99 Å². The van der Waals surface area contributed by atoms with Crippen LogP contribution in [0.5, 0.6) is 5.75 Å². The van der Waals surface area contributed by atoms with E-state index >= 15 is 0 Å². The lowest BCUT2D eigenvalue weighted by atomic mass is 9.71. The number of aliphatic imine (C=N–C) groups is 1. The Kier molecular flexibility index (Phi) is 3.82. The highest BCUT2D eigenvalue weighted by Crippen LogP contribution is 2.49. The lowest BCUT2D eigenvalue weighted by Crippen LogP contribution is -2.28. The SMILES string of the molecule is Cc1cccc(C=NC2CCCC3(CCCC3)C2)c1O. The fourth-order valence-electron chi connectivity index (χ4n) is 4.09. The van der Waals surface area contributed by atoms with Crippen molar-refractivity contribution < 1.29 is 5.11 Å². The molecule has 1 spiro atoms. The lowest BCUT2D eigenvalue weighted by Gasteiger charge is -2.36. The highest BCUT2D eigenvalue weighted by atomic mass is 16.3. The summed E-state index contributed by atoms with van der Waals surface area (Å²) in [6.07, 6.45) is 12.7. The number of aryl methyl sites for hydroxylation is 1. The van der Waals surface area contributed by atoms with Crippen molar-refractivity contribution in [2.45, 2.75) is 64.3 Å². The fraction of sp³-hybridized carbons (Fsp3) is 0.611. The van der Waals surface area contributed by atoms with Crippen molar-refractivity contribution in [1.82, 2.24) is 0 Å². The Morgan fingerprint density at radius 1 is 1.20 bits per heavy atom. The van der Waals surface area contributed by atoms with Crippen molar-refractivity contribution in [2.75, 3.05) is 0 Å². The minimum absolute atomic E-state index is 0.377. The summed E-state index contributed by atoms with van der Waals surface area (Å²) in [5.74, 6) is 0.377. The molecule has 1 N–H and O–H groups in total. The van der Waals surface area contributed by atoms with E-state index in [1.807, 2.05) is 31.3 Å². The first-order chi connectivity index (χ1) is 9.69. The van der Waals surface area contributed by atoms with E-state index in [9.17, 15) is 5.11 Å². The third-order valence-corrected chi connectivity index (χ3v) is 5.27. The summed E-state index contributed by atoms with van der Waals surface area (Å²) < 4.78 is 0. The summed E-state index contributed by atoms with van der Waals surface area (Å²) in [5, 5.41) is 10.0. The average molecular weight is 271 g/mol. The number of aromatic hydroxyl groups is 1. The molecule has 2 nitrogen and oxygen atoms in total. The van der Waals surface area contributed by atoms with Gasteiger partial charge in [-0.1, -0.05) is 31.4 Å². The van der Waals surface area contributed by atoms with E-state index < -0.39 is 0 Å². The Hall–Kier alpha value is -1.31. The van der Waals surface area contributed by atoms with E-state index in [-0.39, 0.29) is 0 Å². The van der Waals surface area contributed by atoms with E-state index in [1.54, 1.807) is 0 Å². The molecule has 0 heterocycles. The number of hydrogen-bond acceptors (Lipinski definition) is 2. The number of benzene rings is 1. The van der Waals surface area contributed by atoms with Gasteiger partial charge < -0.3 is 5.11 Å². The summed E-state index contributed by atoms with van der Waals surface area (Å²) in [5.41, 5.74) is 2.38. The molecule has 2 aliphatic carbocycles. The number of para-hydroxylation sites is 1. The Morgan fingerprint density at radius 3 is 2.75 bits per heavy atom. The summed E-state index contributed by atoms with van der Waals surface area (Å²) >= 11 is 0. The Bertz CT molecular complexity index is 500. The first kappa shape index (κ1) is 13.7. The molecule has 0 aromatic heterocycles. The zero-order valence-corrected chi connectivity index (χ0v) is 12.4. The molecule has 0 amide bonds. The van der Waals surface area contributed by atoms with Crippen molar-refractivity contribution in [3.05, 3.63) is 29.3 Å². The monoisotopic (exact) mass is 271 g/mol. The second kappa shape index (κ2) is 5.59. The minimum Gasteiger partial charge on any atom is -0.507 e. The van der Waals surface area contributed by atoms with Gasteiger partial charge in [-0.3, -0.25) is 4.99 Å². The molecule has 1 unspecified atom stereocenters. The maximum absolute atomic E-state index is 10.0. The normalized spacial score (nSPS) is 25.6. The van der Waals surface area contributed by atoms with Gasteiger partial charge in [0.05, 0.1) is 6.04 Å². The molecule has 1 aromatic carbocycles. The Labute approximate surface area is 121 Å². The molecular weight excluding hydrogens is 246 g/mol. The molecule has 2 heteroatoms. The van der Waals surface area contributed by atoms with Crippen molar-refractivity contribution in [3.8, 4) is 5.75 Å². The van der Waals surface area contributed by atoms with Gasteiger partial charge in [0.25, 0.3) is 0 Å². The zero-order valence-electron chi connectivity index (χ0n) is 12.4. The smallest absolute Gasteiger partial charge is 0.127 e. The highest BCUT2D eigenvalue weighted by Gasteiger charge is 2.38. The molecule has 2 saturated carbocycles. The van der Waals surface area contributed by atoms with Crippen LogP contribution in [0.15, 0.2) is 23.2 Å². The largest absolute Gasteiger partial charge is 0.507 e. The van der Waals surface area contributed by atoms with Gasteiger partial charge in [0.2, 0.25) is 0 Å². The molecule has 0 saturated heterocycles. The number of hydrogen-bond donors (Lipinski definition) is 1. The maximum atomic E-state index is 10.0. The van der Waals surface area contributed by atoms with Gasteiger partial charge in [0.1, 0.15) is 5.75 Å². The average Bonchev–Trinajstić information content (AvgIpc) is 2.88. The molecule has 0 aliphatic heterocycles. The van der Waals surface area contributed by atoms with Gasteiger partial charge >= 0.3 is 0 Å². The van der Waals surface area contributed by atoms with Crippen LogP contribution in [-0.4, -0.2) is 17.4 Å². The summed E-state index contributed by atoms with van der Waals surface area (Å²) in [7, 11) is 0. The summed E-state index contributed by atoms with van der Waals surface area (Å²) in [4.78, 5) is 4.79. The predicted molar refractivity (Wildman–Crippen MR) is 83.6 cm³/mol. The topological polar surface area (TPSA) is 32.6 Å². The first-order valence-corrected chi connectivity index (χ1v) is 8.00. The third kappa shape index (κ3) is 2.74. The molecule has 2 aliphatic rings. The van der Waals surface area contributed by atoms with E-state index in [1.165, 1.54) is 51.4 Å². The van der Waals surface area contributed by atoms with E-state index in [2.05, 4.69) is 0 Å². The number of nitrogens with zero attached hydrogens (tertiary/aromatic N) is 1. The minimum atomic E-state index is 0.377. The van der Waals surface area contributed by atoms with Crippen LogP contribution in [0.1, 0.15) is 62.5 Å². The molecule has 20 heavy (non-hydrogen) atoms. The molecule has 0 bridgehead atoms. The van der Waals surface area contributed by atoms with Crippen LogP contribution >= 0.6 is 0 Å². The number of phenolic OH excluding ortho intramolecular Hbond substituents is 1. The van der Waals surface area contributed by atoms with Crippen molar-refractivity contribution >= 4 is 6.21 Å². The van der Waals surface area contributed by atoms with Gasteiger partial charge in [-0.25, -0.2) is 0 Å². The second-order valence-corrected chi connectivity index (χ2v) is 6.75. The summed E-state index contributed by atoms with van der Waals surface area (Å²) in [6.45, 7) is 1.93. The van der Waals surface area contributed by atoms with Crippen LogP contribution in [0.2, 0.25) is 0 Å². The Morgan fingerprint density at radius 2 is 1.95 bits per heavy atom. The van der Waals surface area contributed by atoms with Gasteiger partial charge in [-0.2, -0.15) is 0 Å². The third-order valence-electron chi connectivity index (χ3n) is 5.27. The molecule has 1 aromatic rings. The van der Waals surface area contributed by atoms with Crippen LogP contribution in [0, 0.1) is 12.3 Å². The first-order valence-electron chi connectivity index (χ1n) is 8.00. The van der Waals surface area contributed by atoms with Crippen LogP contribution in [0.4, 0.5) is 0 Å². The Balaban J connectivity index is 1.70. The van der Waals surface area contributed by atoms with Crippen molar-refractivity contribution in [3.63, 3.8) is 0 Å². The van der Waals surface area contributed by atoms with Crippen LogP contribution in [0.3, 0.4) is 0 Å². The second-order valence-electron chi connectivity index (χ2n) is 6.75. The summed E-state index contributed by atoms with van der Waals surface area (Å²) in [6, 6.07) is 6.32. The van der Waals surface area contributed by atoms with Crippen molar-refractivity contribution in [1.29, 1.82) is 0 Å². The van der Waals surface area contributed by atoms with Gasteiger partial charge in [-0.15, -0.1) is 0 Å². The van der Waals surface area contributed by atoms with E-state index in [0.717, 1.165) is 11.1 Å². The lowest BCUT2D eigenvalue weighted by molar-refractivity contribution is 0.179. The van der Waals surface area contributed by atoms with Gasteiger partial charge in [0.15, 0.2) is 0 Å². The standard InChI is InChI=1S/C18H25NO/c1-14-6-4-7-15(17(14)20)13-19-16-8-5-11-18(12-16)9-2-3-10-18/h4,6-7,13,16,20H,2-3,5,8-12H2,1H3. The quantitative estimate of drug-likeness (QED) is 0.782. The number of phenols is 1. The van der Waals surface area contributed by atoms with Crippen LogP contribution in [-0.2, 0) is 0 Å². The van der Waals surface area contributed by atoms with E-state index in [0.29, 0.717) is 17.2 Å². The van der Waals surface area contributed by atoms with Gasteiger partial charge in [0, 0.05) is 11.8 Å². The fourth-order valence-corrected chi connectivity index (χ4v) is 4.09.